The molecule has 2 aromatic rings. The molecule has 2 rings (SSSR count). The Hall–Kier alpha value is -1.65. The molecule has 5 heteroatoms. The van der Waals surface area contributed by atoms with Crippen molar-refractivity contribution in [2.45, 2.75) is 13.8 Å². The molecule has 0 spiro atoms. The zero-order chi connectivity index (χ0) is 9.42. The summed E-state index contributed by atoms with van der Waals surface area (Å²) in [6.07, 6.45) is 0. The molecule has 5 nitrogen and oxygen atoms in total. The quantitative estimate of drug-likeness (QED) is 0.659. The van der Waals surface area contributed by atoms with Crippen LogP contribution in [-0.2, 0) is 0 Å². The molecule has 2 heterocycles. The highest BCUT2D eigenvalue weighted by Gasteiger charge is 2.11. The van der Waals surface area contributed by atoms with Gasteiger partial charge in [0.15, 0.2) is 0 Å². The minimum atomic E-state index is 0.344. The van der Waals surface area contributed by atoms with E-state index in [1.165, 1.54) is 7.11 Å². The van der Waals surface area contributed by atoms with E-state index in [1.807, 2.05) is 13.8 Å². The van der Waals surface area contributed by atoms with E-state index >= 15 is 0 Å². The smallest absolute Gasteiger partial charge is 0.317 e. The van der Waals surface area contributed by atoms with Gasteiger partial charge in [-0.25, -0.2) is 0 Å². The van der Waals surface area contributed by atoms with Crippen molar-refractivity contribution in [2.75, 3.05) is 7.11 Å². The molecule has 0 bridgehead atoms. The molecule has 0 aliphatic rings. The lowest BCUT2D eigenvalue weighted by atomic mass is 10.3. The van der Waals surface area contributed by atoms with Crippen LogP contribution in [0.2, 0.25) is 0 Å². The Labute approximate surface area is 74.7 Å². The molecule has 0 aliphatic carbocycles. The van der Waals surface area contributed by atoms with E-state index in [-0.39, 0.29) is 0 Å². The first-order valence-electron chi connectivity index (χ1n) is 3.87. The number of aryl methyl sites for hydroxylation is 2. The lowest BCUT2D eigenvalue weighted by Crippen LogP contribution is -1.94. The fourth-order valence-electron chi connectivity index (χ4n) is 1.14. The largest absolute Gasteiger partial charge is 0.467 e. The number of hydrogen-bond acceptors (Lipinski definition) is 5. The molecule has 2 aromatic heterocycles. The van der Waals surface area contributed by atoms with Crippen LogP contribution in [0.3, 0.4) is 0 Å². The maximum atomic E-state index is 5.05. The Kier molecular flexibility index (Phi) is 1.65. The molecular weight excluding hydrogens is 170 g/mol. The Morgan fingerprint density at radius 3 is 2.62 bits per heavy atom. The van der Waals surface area contributed by atoms with Gasteiger partial charge in [-0.3, -0.25) is 0 Å². The first-order valence-corrected chi connectivity index (χ1v) is 3.87. The first kappa shape index (κ1) is 7.97. The van der Waals surface area contributed by atoms with Crippen LogP contribution in [0, 0.1) is 13.8 Å². The van der Waals surface area contributed by atoms with Crippen molar-refractivity contribution in [1.29, 1.82) is 0 Å². The highest BCUT2D eigenvalue weighted by molar-refractivity contribution is 5.76. The van der Waals surface area contributed by atoms with Crippen LogP contribution in [-0.4, -0.2) is 22.2 Å². The van der Waals surface area contributed by atoms with E-state index in [4.69, 9.17) is 9.26 Å². The summed E-state index contributed by atoms with van der Waals surface area (Å²) in [5, 5.41) is 3.80. The van der Waals surface area contributed by atoms with Gasteiger partial charge in [-0.15, -0.1) is 0 Å². The molecule has 0 atom stereocenters. The van der Waals surface area contributed by atoms with E-state index in [9.17, 15) is 0 Å². The SMILES string of the molecule is COc1nc(C)c2onc(C)c2n1. The van der Waals surface area contributed by atoms with Crippen LogP contribution in [0.15, 0.2) is 4.52 Å². The molecule has 0 fully saturated rings. The highest BCUT2D eigenvalue weighted by atomic mass is 16.5. The second-order valence-corrected chi connectivity index (χ2v) is 2.74. The van der Waals surface area contributed by atoms with E-state index in [0.717, 1.165) is 11.4 Å². The van der Waals surface area contributed by atoms with Crippen molar-refractivity contribution in [1.82, 2.24) is 15.1 Å². The maximum absolute atomic E-state index is 5.05. The van der Waals surface area contributed by atoms with Gasteiger partial charge in [0.05, 0.1) is 12.8 Å². The molecule has 13 heavy (non-hydrogen) atoms. The summed E-state index contributed by atoms with van der Waals surface area (Å²) in [5.41, 5.74) is 2.82. The molecule has 0 N–H and O–H groups in total. The summed E-state index contributed by atoms with van der Waals surface area (Å²) in [6, 6.07) is 0.344. The number of nitrogens with zero attached hydrogens (tertiary/aromatic N) is 3. The standard InChI is InChI=1S/C8H9N3O2/c1-4-6-7(13-11-4)5(2)9-8(10-6)12-3/h1-3H3. The molecule has 68 valence electrons. The zero-order valence-electron chi connectivity index (χ0n) is 7.66. The van der Waals surface area contributed by atoms with Crippen LogP contribution in [0.1, 0.15) is 11.4 Å². The fraction of sp³-hybridized carbons (Fsp3) is 0.375. The van der Waals surface area contributed by atoms with Gasteiger partial charge in [0.1, 0.15) is 11.2 Å². The average Bonchev–Trinajstić information content (AvgIpc) is 2.48. The highest BCUT2D eigenvalue weighted by Crippen LogP contribution is 2.20. The van der Waals surface area contributed by atoms with Crippen LogP contribution in [0.4, 0.5) is 0 Å². The minimum absolute atomic E-state index is 0.344. The van der Waals surface area contributed by atoms with Crippen LogP contribution in [0.25, 0.3) is 11.1 Å². The number of ether oxygens (including phenoxy) is 1. The lowest BCUT2D eigenvalue weighted by Gasteiger charge is -1.97. The molecule has 0 saturated carbocycles. The Morgan fingerprint density at radius 2 is 1.92 bits per heavy atom. The zero-order valence-corrected chi connectivity index (χ0v) is 7.66. The minimum Gasteiger partial charge on any atom is -0.467 e. The monoisotopic (exact) mass is 179 g/mol. The van der Waals surface area contributed by atoms with Crippen molar-refractivity contribution < 1.29 is 9.26 Å². The van der Waals surface area contributed by atoms with Gasteiger partial charge in [0.2, 0.25) is 5.58 Å². The number of rotatable bonds is 1. The molecule has 0 amide bonds. The summed E-state index contributed by atoms with van der Waals surface area (Å²) in [5.74, 6) is 0. The third kappa shape index (κ3) is 1.12. The Bertz CT molecular complexity index is 450. The summed E-state index contributed by atoms with van der Waals surface area (Å²) in [7, 11) is 1.53. The van der Waals surface area contributed by atoms with Crippen molar-refractivity contribution in [3.8, 4) is 6.01 Å². The van der Waals surface area contributed by atoms with Gasteiger partial charge >= 0.3 is 6.01 Å². The normalized spacial score (nSPS) is 10.7. The number of methoxy groups -OCH3 is 1. The van der Waals surface area contributed by atoms with Crippen LogP contribution >= 0.6 is 0 Å². The van der Waals surface area contributed by atoms with Crippen LogP contribution < -0.4 is 4.74 Å². The molecule has 0 unspecified atom stereocenters. The van der Waals surface area contributed by atoms with E-state index < -0.39 is 0 Å². The second-order valence-electron chi connectivity index (χ2n) is 2.74. The predicted molar refractivity (Wildman–Crippen MR) is 45.6 cm³/mol. The fourth-order valence-corrected chi connectivity index (χ4v) is 1.14. The molecule has 0 aliphatic heterocycles. The third-order valence-corrected chi connectivity index (χ3v) is 1.81. The number of fused-ring (bicyclic) bond motifs is 1. The average molecular weight is 179 g/mol. The van der Waals surface area contributed by atoms with Gasteiger partial charge < -0.3 is 9.26 Å². The van der Waals surface area contributed by atoms with Crippen molar-refractivity contribution in [3.05, 3.63) is 11.4 Å². The lowest BCUT2D eigenvalue weighted by molar-refractivity contribution is 0.379. The van der Waals surface area contributed by atoms with Crippen molar-refractivity contribution >= 4 is 11.1 Å². The van der Waals surface area contributed by atoms with Crippen molar-refractivity contribution in [2.24, 2.45) is 0 Å². The first-order chi connectivity index (χ1) is 6.22. The van der Waals surface area contributed by atoms with Gasteiger partial charge in [-0.1, -0.05) is 5.16 Å². The second kappa shape index (κ2) is 2.69. The number of hydrogen-bond donors (Lipinski definition) is 0. The maximum Gasteiger partial charge on any atom is 0.317 e. The molecule has 0 saturated heterocycles. The van der Waals surface area contributed by atoms with E-state index in [2.05, 4.69) is 15.1 Å². The third-order valence-electron chi connectivity index (χ3n) is 1.81. The summed E-state index contributed by atoms with van der Waals surface area (Å²) in [4.78, 5) is 8.19. The summed E-state index contributed by atoms with van der Waals surface area (Å²) in [6.45, 7) is 3.66. The number of aromatic nitrogens is 3. The molecule has 0 radical (unpaired) electrons. The van der Waals surface area contributed by atoms with Gasteiger partial charge in [-0.2, -0.15) is 9.97 Å². The van der Waals surface area contributed by atoms with Crippen LogP contribution in [0.5, 0.6) is 6.01 Å². The van der Waals surface area contributed by atoms with Gasteiger partial charge in [-0.05, 0) is 13.8 Å². The van der Waals surface area contributed by atoms with E-state index in [0.29, 0.717) is 17.1 Å². The Balaban J connectivity index is 2.80. The molecule has 0 aromatic carbocycles. The summed E-state index contributed by atoms with van der Waals surface area (Å²) < 4.78 is 9.98. The van der Waals surface area contributed by atoms with E-state index in [1.54, 1.807) is 0 Å². The van der Waals surface area contributed by atoms with Crippen molar-refractivity contribution in [3.63, 3.8) is 0 Å². The molecular formula is C8H9N3O2. The van der Waals surface area contributed by atoms with Gasteiger partial charge in [0, 0.05) is 0 Å². The Morgan fingerprint density at radius 1 is 1.15 bits per heavy atom. The summed E-state index contributed by atoms with van der Waals surface area (Å²) >= 11 is 0. The van der Waals surface area contributed by atoms with Gasteiger partial charge in [0.25, 0.3) is 0 Å². The predicted octanol–water partition coefficient (Wildman–Crippen LogP) is 1.24. The topological polar surface area (TPSA) is 61.0 Å².